The van der Waals surface area contributed by atoms with Crippen LogP contribution in [0.5, 0.6) is 5.75 Å². The molecule has 1 aromatic carbocycles. The summed E-state index contributed by atoms with van der Waals surface area (Å²) in [4.78, 5) is 10.6. The normalized spacial score (nSPS) is 12.1. The van der Waals surface area contributed by atoms with Crippen molar-refractivity contribution >= 4 is 5.91 Å². The first-order valence-corrected chi connectivity index (χ1v) is 6.30. The minimum absolute atomic E-state index is 0.00521. The quantitative estimate of drug-likeness (QED) is 0.690. The van der Waals surface area contributed by atoms with E-state index in [0.717, 1.165) is 30.8 Å². The number of carbonyl (C=O) groups excluding carboxylic acids is 1. The Kier molecular flexibility index (Phi) is 6.22. The van der Waals surface area contributed by atoms with Gasteiger partial charge in [-0.2, -0.15) is 0 Å². The Morgan fingerprint density at radius 2 is 2.06 bits per heavy atom. The van der Waals surface area contributed by atoms with Crippen LogP contribution in [0.1, 0.15) is 31.7 Å². The predicted octanol–water partition coefficient (Wildman–Crippen LogP) is 1.64. The Labute approximate surface area is 108 Å². The molecule has 0 saturated heterocycles. The molecule has 18 heavy (non-hydrogen) atoms. The second kappa shape index (κ2) is 7.71. The van der Waals surface area contributed by atoms with E-state index in [-0.39, 0.29) is 6.42 Å². The number of unbranched alkanes of at least 4 members (excludes halogenated alkanes) is 1. The molecule has 0 fully saturated rings. The van der Waals surface area contributed by atoms with Crippen LogP contribution in [-0.2, 0) is 11.2 Å². The van der Waals surface area contributed by atoms with Gasteiger partial charge >= 0.3 is 0 Å². The largest absolute Gasteiger partial charge is 0.494 e. The van der Waals surface area contributed by atoms with Crippen LogP contribution in [0.2, 0.25) is 0 Å². The van der Waals surface area contributed by atoms with E-state index < -0.39 is 12.0 Å². The Morgan fingerprint density at radius 1 is 1.39 bits per heavy atom. The van der Waals surface area contributed by atoms with E-state index in [4.69, 9.17) is 10.5 Å². The van der Waals surface area contributed by atoms with Crippen molar-refractivity contribution in [2.75, 3.05) is 6.61 Å². The third-order valence-electron chi connectivity index (χ3n) is 2.60. The molecule has 1 amide bonds. The molecular formula is C14H21NO3. The molecule has 0 bridgehead atoms. The van der Waals surface area contributed by atoms with E-state index in [1.807, 2.05) is 24.3 Å². The molecule has 4 nitrogen and oxygen atoms in total. The van der Waals surface area contributed by atoms with Gasteiger partial charge in [0.15, 0.2) is 0 Å². The van der Waals surface area contributed by atoms with Gasteiger partial charge < -0.3 is 15.6 Å². The molecule has 0 heterocycles. The predicted molar refractivity (Wildman–Crippen MR) is 70.4 cm³/mol. The second-order valence-corrected chi connectivity index (χ2v) is 4.37. The first-order valence-electron chi connectivity index (χ1n) is 6.30. The summed E-state index contributed by atoms with van der Waals surface area (Å²) >= 11 is 0. The van der Waals surface area contributed by atoms with Gasteiger partial charge in [0.25, 0.3) is 0 Å². The van der Waals surface area contributed by atoms with Crippen LogP contribution in [0.25, 0.3) is 0 Å². The Morgan fingerprint density at radius 3 is 2.61 bits per heavy atom. The topological polar surface area (TPSA) is 72.6 Å². The molecule has 0 aliphatic carbocycles. The van der Waals surface area contributed by atoms with Crippen LogP contribution < -0.4 is 10.5 Å². The van der Waals surface area contributed by atoms with E-state index in [1.54, 1.807) is 0 Å². The Bertz CT molecular complexity index is 362. The minimum Gasteiger partial charge on any atom is -0.494 e. The van der Waals surface area contributed by atoms with Crippen molar-refractivity contribution in [3.63, 3.8) is 0 Å². The van der Waals surface area contributed by atoms with Crippen molar-refractivity contribution in [3.8, 4) is 5.75 Å². The molecule has 0 spiro atoms. The average molecular weight is 251 g/mol. The van der Waals surface area contributed by atoms with Gasteiger partial charge in [0.1, 0.15) is 5.75 Å². The number of hydrogen-bond donors (Lipinski definition) is 2. The maximum atomic E-state index is 10.6. The molecule has 1 aromatic rings. The molecule has 0 aliphatic rings. The standard InChI is InChI=1S/C14H21NO3/c1-2-3-8-18-13-6-4-11(5-7-13)9-12(16)10-14(15)17/h4-7,12,16H,2-3,8-10H2,1H3,(H2,15,17)/t12-/m1/s1. The lowest BCUT2D eigenvalue weighted by atomic mass is 10.1. The number of aliphatic hydroxyl groups excluding tert-OH is 1. The molecule has 0 aliphatic heterocycles. The van der Waals surface area contributed by atoms with Crippen molar-refractivity contribution in [3.05, 3.63) is 29.8 Å². The van der Waals surface area contributed by atoms with Crippen molar-refractivity contribution < 1.29 is 14.6 Å². The van der Waals surface area contributed by atoms with Crippen molar-refractivity contribution in [1.29, 1.82) is 0 Å². The van der Waals surface area contributed by atoms with Crippen LogP contribution in [0.3, 0.4) is 0 Å². The summed E-state index contributed by atoms with van der Waals surface area (Å²) in [5, 5.41) is 9.58. The number of hydrogen-bond acceptors (Lipinski definition) is 3. The van der Waals surface area contributed by atoms with Gasteiger partial charge in [0, 0.05) is 0 Å². The Hall–Kier alpha value is -1.55. The number of rotatable bonds is 8. The fraction of sp³-hybridized carbons (Fsp3) is 0.500. The first kappa shape index (κ1) is 14.5. The molecule has 4 heteroatoms. The van der Waals surface area contributed by atoms with E-state index in [2.05, 4.69) is 6.92 Å². The highest BCUT2D eigenvalue weighted by Gasteiger charge is 2.08. The SMILES string of the molecule is CCCCOc1ccc(C[C@@H](O)CC(N)=O)cc1. The summed E-state index contributed by atoms with van der Waals surface area (Å²) in [6.45, 7) is 2.84. The molecule has 1 atom stereocenters. The second-order valence-electron chi connectivity index (χ2n) is 4.37. The van der Waals surface area contributed by atoms with Crippen molar-refractivity contribution in [2.45, 2.75) is 38.7 Å². The Balaban J connectivity index is 2.42. The molecule has 100 valence electrons. The van der Waals surface area contributed by atoms with Crippen LogP contribution in [0, 0.1) is 0 Å². The van der Waals surface area contributed by atoms with Crippen LogP contribution >= 0.6 is 0 Å². The lowest BCUT2D eigenvalue weighted by Crippen LogP contribution is -2.21. The minimum atomic E-state index is -0.714. The first-order chi connectivity index (χ1) is 8.61. The van der Waals surface area contributed by atoms with Crippen LogP contribution in [-0.4, -0.2) is 23.7 Å². The molecule has 0 saturated carbocycles. The van der Waals surface area contributed by atoms with E-state index in [9.17, 15) is 9.90 Å². The number of benzene rings is 1. The summed E-state index contributed by atoms with van der Waals surface area (Å²) in [6.07, 6.45) is 1.86. The lowest BCUT2D eigenvalue weighted by molar-refractivity contribution is -0.119. The monoisotopic (exact) mass is 251 g/mol. The third-order valence-corrected chi connectivity index (χ3v) is 2.60. The smallest absolute Gasteiger partial charge is 0.220 e. The molecular weight excluding hydrogens is 230 g/mol. The molecule has 0 unspecified atom stereocenters. The van der Waals surface area contributed by atoms with Gasteiger partial charge in [-0.15, -0.1) is 0 Å². The highest BCUT2D eigenvalue weighted by molar-refractivity contribution is 5.74. The highest BCUT2D eigenvalue weighted by Crippen LogP contribution is 2.14. The van der Waals surface area contributed by atoms with Gasteiger partial charge in [-0.05, 0) is 30.5 Å². The van der Waals surface area contributed by atoms with Gasteiger partial charge in [-0.1, -0.05) is 25.5 Å². The number of ether oxygens (including phenoxy) is 1. The number of aliphatic hydroxyl groups is 1. The number of carbonyl (C=O) groups is 1. The van der Waals surface area contributed by atoms with Gasteiger partial charge in [0.2, 0.25) is 5.91 Å². The number of nitrogens with two attached hydrogens (primary N) is 1. The van der Waals surface area contributed by atoms with Gasteiger partial charge in [-0.3, -0.25) is 4.79 Å². The maximum absolute atomic E-state index is 10.6. The maximum Gasteiger partial charge on any atom is 0.220 e. The fourth-order valence-electron chi connectivity index (χ4n) is 1.63. The summed E-state index contributed by atoms with van der Waals surface area (Å²) in [5.41, 5.74) is 5.98. The summed E-state index contributed by atoms with van der Waals surface area (Å²) in [7, 11) is 0. The van der Waals surface area contributed by atoms with E-state index in [0.29, 0.717) is 6.42 Å². The van der Waals surface area contributed by atoms with Crippen molar-refractivity contribution in [1.82, 2.24) is 0 Å². The zero-order valence-electron chi connectivity index (χ0n) is 10.8. The summed E-state index contributed by atoms with van der Waals surface area (Å²) < 4.78 is 5.53. The van der Waals surface area contributed by atoms with E-state index in [1.165, 1.54) is 0 Å². The fourth-order valence-corrected chi connectivity index (χ4v) is 1.63. The molecule has 0 aromatic heterocycles. The number of amides is 1. The zero-order valence-corrected chi connectivity index (χ0v) is 10.8. The third kappa shape index (κ3) is 5.68. The summed E-state index contributed by atoms with van der Waals surface area (Å²) in [6, 6.07) is 7.54. The molecule has 3 N–H and O–H groups in total. The summed E-state index contributed by atoms with van der Waals surface area (Å²) in [5.74, 6) is 0.346. The van der Waals surface area contributed by atoms with E-state index >= 15 is 0 Å². The number of primary amides is 1. The van der Waals surface area contributed by atoms with Gasteiger partial charge in [0.05, 0.1) is 19.1 Å². The van der Waals surface area contributed by atoms with Crippen molar-refractivity contribution in [2.24, 2.45) is 5.73 Å². The molecule has 0 radical (unpaired) electrons. The zero-order chi connectivity index (χ0) is 13.4. The van der Waals surface area contributed by atoms with Crippen LogP contribution in [0.4, 0.5) is 0 Å². The lowest BCUT2D eigenvalue weighted by Gasteiger charge is -2.09. The van der Waals surface area contributed by atoms with Crippen LogP contribution in [0.15, 0.2) is 24.3 Å². The molecule has 1 rings (SSSR count). The van der Waals surface area contributed by atoms with Gasteiger partial charge in [-0.25, -0.2) is 0 Å². The highest BCUT2D eigenvalue weighted by atomic mass is 16.5. The average Bonchev–Trinajstić information content (AvgIpc) is 2.30.